The number of rotatable bonds is 4. The van der Waals surface area contributed by atoms with Gasteiger partial charge < -0.3 is 10.1 Å². The molecule has 1 aromatic carbocycles. The standard InChI is InChI=1S/C16H16N4O2S/c21-16(15-11-4-1-2-7-14(11)23-20-15)19-12-5-3-6-13(12)22-10-8-17-18-9-10/h1-2,4,7-9,12-13H,3,5-6H2,(H,17,18)(H,19,21)/t12-,13+/m1/s1. The average molecular weight is 328 g/mol. The van der Waals surface area contributed by atoms with E-state index in [9.17, 15) is 4.79 Å². The molecule has 0 radical (unpaired) electrons. The van der Waals surface area contributed by atoms with E-state index in [0.717, 1.165) is 29.3 Å². The molecule has 118 valence electrons. The molecule has 2 N–H and O–H groups in total. The number of ether oxygens (including phenoxy) is 1. The summed E-state index contributed by atoms with van der Waals surface area (Å²) in [6.07, 6.45) is 6.20. The van der Waals surface area contributed by atoms with Gasteiger partial charge in [0.2, 0.25) is 0 Å². The number of hydrogen-bond acceptors (Lipinski definition) is 5. The molecule has 2 atom stereocenters. The molecule has 4 rings (SSSR count). The summed E-state index contributed by atoms with van der Waals surface area (Å²) in [5.74, 6) is 0.574. The van der Waals surface area contributed by atoms with E-state index in [0.29, 0.717) is 11.4 Å². The number of H-pyrrole nitrogens is 1. The minimum Gasteiger partial charge on any atom is -0.485 e. The number of aromatic amines is 1. The topological polar surface area (TPSA) is 79.9 Å². The molecule has 6 nitrogen and oxygen atoms in total. The predicted molar refractivity (Wildman–Crippen MR) is 87.7 cm³/mol. The number of aromatic nitrogens is 3. The van der Waals surface area contributed by atoms with Gasteiger partial charge in [0.1, 0.15) is 11.8 Å². The SMILES string of the molecule is O=C(N[C@@H]1CCC[C@@H]1Oc1cn[nH]c1)c1nsc2ccccc12. The van der Waals surface area contributed by atoms with Gasteiger partial charge in [-0.05, 0) is 36.9 Å². The van der Waals surface area contributed by atoms with Crippen molar-refractivity contribution in [1.82, 2.24) is 19.9 Å². The predicted octanol–water partition coefficient (Wildman–Crippen LogP) is 2.75. The summed E-state index contributed by atoms with van der Waals surface area (Å²) < 4.78 is 11.2. The first-order valence-electron chi connectivity index (χ1n) is 7.62. The summed E-state index contributed by atoms with van der Waals surface area (Å²) in [5, 5.41) is 10.6. The van der Waals surface area contributed by atoms with Crippen LogP contribution in [0.3, 0.4) is 0 Å². The fraction of sp³-hybridized carbons (Fsp3) is 0.312. The highest BCUT2D eigenvalue weighted by Gasteiger charge is 2.31. The lowest BCUT2D eigenvalue weighted by Crippen LogP contribution is -2.42. The maximum Gasteiger partial charge on any atom is 0.271 e. The van der Waals surface area contributed by atoms with Crippen molar-refractivity contribution in [3.05, 3.63) is 42.4 Å². The molecule has 0 spiro atoms. The third-order valence-electron chi connectivity index (χ3n) is 4.12. The van der Waals surface area contributed by atoms with Gasteiger partial charge >= 0.3 is 0 Å². The molecule has 2 heterocycles. The van der Waals surface area contributed by atoms with E-state index in [1.165, 1.54) is 11.5 Å². The highest BCUT2D eigenvalue weighted by atomic mass is 32.1. The molecular weight excluding hydrogens is 312 g/mol. The zero-order chi connectivity index (χ0) is 15.6. The fourth-order valence-electron chi connectivity index (χ4n) is 3.00. The first-order valence-corrected chi connectivity index (χ1v) is 8.39. The van der Waals surface area contributed by atoms with E-state index in [4.69, 9.17) is 4.74 Å². The number of benzene rings is 1. The molecule has 2 aromatic heterocycles. The minimum atomic E-state index is -0.129. The number of amides is 1. The maximum atomic E-state index is 12.6. The van der Waals surface area contributed by atoms with Crippen LogP contribution < -0.4 is 10.1 Å². The lowest BCUT2D eigenvalue weighted by Gasteiger charge is -2.21. The van der Waals surface area contributed by atoms with Gasteiger partial charge in [-0.1, -0.05) is 18.2 Å². The van der Waals surface area contributed by atoms with Crippen LogP contribution in [0.15, 0.2) is 36.7 Å². The van der Waals surface area contributed by atoms with Gasteiger partial charge in [0.25, 0.3) is 5.91 Å². The average Bonchev–Trinajstić information content (AvgIpc) is 3.29. The zero-order valence-electron chi connectivity index (χ0n) is 12.4. The van der Waals surface area contributed by atoms with Crippen LogP contribution in [0.25, 0.3) is 10.1 Å². The second-order valence-electron chi connectivity index (χ2n) is 5.63. The van der Waals surface area contributed by atoms with E-state index < -0.39 is 0 Å². The second-order valence-corrected chi connectivity index (χ2v) is 6.43. The second kappa shape index (κ2) is 6.00. The summed E-state index contributed by atoms with van der Waals surface area (Å²) in [4.78, 5) is 12.6. The van der Waals surface area contributed by atoms with Crippen molar-refractivity contribution >= 4 is 27.5 Å². The fourth-order valence-corrected chi connectivity index (χ4v) is 3.77. The number of fused-ring (bicyclic) bond motifs is 1. The van der Waals surface area contributed by atoms with Crippen LogP contribution in [0.5, 0.6) is 5.75 Å². The minimum absolute atomic E-state index is 0.00198. The van der Waals surface area contributed by atoms with Crippen LogP contribution >= 0.6 is 11.5 Å². The molecule has 0 unspecified atom stereocenters. The molecule has 1 aliphatic carbocycles. The van der Waals surface area contributed by atoms with E-state index in [1.807, 2.05) is 24.3 Å². The van der Waals surface area contributed by atoms with Gasteiger partial charge in [-0.15, -0.1) is 0 Å². The van der Waals surface area contributed by atoms with Gasteiger partial charge in [0, 0.05) is 5.39 Å². The highest BCUT2D eigenvalue weighted by Crippen LogP contribution is 2.26. The maximum absolute atomic E-state index is 12.6. The molecule has 0 aliphatic heterocycles. The van der Waals surface area contributed by atoms with Crippen molar-refractivity contribution in [2.24, 2.45) is 0 Å². The largest absolute Gasteiger partial charge is 0.485 e. The summed E-state index contributed by atoms with van der Waals surface area (Å²) in [5.41, 5.74) is 0.500. The van der Waals surface area contributed by atoms with Crippen molar-refractivity contribution in [2.75, 3.05) is 0 Å². The Hall–Kier alpha value is -2.41. The third-order valence-corrected chi connectivity index (χ3v) is 4.95. The molecule has 1 aliphatic rings. The van der Waals surface area contributed by atoms with Crippen molar-refractivity contribution in [2.45, 2.75) is 31.4 Å². The van der Waals surface area contributed by atoms with Gasteiger partial charge in [0.05, 0.1) is 23.1 Å². The van der Waals surface area contributed by atoms with Gasteiger partial charge in [0.15, 0.2) is 5.75 Å². The van der Waals surface area contributed by atoms with Crippen molar-refractivity contribution in [3.63, 3.8) is 0 Å². The summed E-state index contributed by atoms with van der Waals surface area (Å²) in [7, 11) is 0. The first kappa shape index (κ1) is 14.2. The Balaban J connectivity index is 1.49. The number of nitrogens with zero attached hydrogens (tertiary/aromatic N) is 2. The number of carbonyl (C=O) groups excluding carboxylic acids is 1. The van der Waals surface area contributed by atoms with Crippen LogP contribution in [-0.4, -0.2) is 32.6 Å². The number of carbonyl (C=O) groups is 1. The van der Waals surface area contributed by atoms with Crippen LogP contribution in [-0.2, 0) is 0 Å². The molecule has 1 fully saturated rings. The van der Waals surface area contributed by atoms with E-state index in [1.54, 1.807) is 12.4 Å². The quantitative estimate of drug-likeness (QED) is 0.772. The Bertz CT molecular complexity index is 814. The van der Waals surface area contributed by atoms with Gasteiger partial charge in [-0.3, -0.25) is 9.89 Å². The van der Waals surface area contributed by atoms with Crippen LogP contribution in [0, 0.1) is 0 Å². The van der Waals surface area contributed by atoms with Crippen molar-refractivity contribution in [1.29, 1.82) is 0 Å². The molecular formula is C16H16N4O2S. The van der Waals surface area contributed by atoms with Crippen LogP contribution in [0.4, 0.5) is 0 Å². The molecule has 7 heteroatoms. The smallest absolute Gasteiger partial charge is 0.271 e. The number of hydrogen-bond donors (Lipinski definition) is 2. The van der Waals surface area contributed by atoms with Crippen LogP contribution in [0.2, 0.25) is 0 Å². The van der Waals surface area contributed by atoms with Gasteiger partial charge in [-0.25, -0.2) is 0 Å². The zero-order valence-corrected chi connectivity index (χ0v) is 13.2. The summed E-state index contributed by atoms with van der Waals surface area (Å²) in [6, 6.07) is 7.78. The normalized spacial score (nSPS) is 20.7. The Kier molecular flexibility index (Phi) is 3.70. The highest BCUT2D eigenvalue weighted by molar-refractivity contribution is 7.13. The molecule has 1 amide bonds. The van der Waals surface area contributed by atoms with E-state index in [2.05, 4.69) is 19.9 Å². The third kappa shape index (κ3) is 2.79. The van der Waals surface area contributed by atoms with E-state index >= 15 is 0 Å². The van der Waals surface area contributed by atoms with E-state index in [-0.39, 0.29) is 18.1 Å². The molecule has 3 aromatic rings. The lowest BCUT2D eigenvalue weighted by atomic mass is 10.1. The van der Waals surface area contributed by atoms with Crippen molar-refractivity contribution < 1.29 is 9.53 Å². The first-order chi connectivity index (χ1) is 11.3. The Morgan fingerprint density at radius 1 is 1.35 bits per heavy atom. The Morgan fingerprint density at radius 2 is 2.26 bits per heavy atom. The molecule has 1 saturated carbocycles. The Morgan fingerprint density at radius 3 is 3.13 bits per heavy atom. The lowest BCUT2D eigenvalue weighted by molar-refractivity contribution is 0.0892. The summed E-state index contributed by atoms with van der Waals surface area (Å²) >= 11 is 1.35. The molecule has 0 saturated heterocycles. The van der Waals surface area contributed by atoms with Gasteiger partial charge in [-0.2, -0.15) is 9.47 Å². The number of nitrogens with one attached hydrogen (secondary N) is 2. The molecule has 0 bridgehead atoms. The van der Waals surface area contributed by atoms with Crippen molar-refractivity contribution in [3.8, 4) is 5.75 Å². The Labute approximate surface area is 137 Å². The van der Waals surface area contributed by atoms with Crippen LogP contribution in [0.1, 0.15) is 29.8 Å². The monoisotopic (exact) mass is 328 g/mol. The summed E-state index contributed by atoms with van der Waals surface area (Å²) in [6.45, 7) is 0. The molecule has 23 heavy (non-hydrogen) atoms.